The lowest BCUT2D eigenvalue weighted by molar-refractivity contribution is 0.199. The van der Waals surface area contributed by atoms with Crippen molar-refractivity contribution < 1.29 is 17.9 Å². The number of nitrogens with zero attached hydrogens (tertiary/aromatic N) is 1. The van der Waals surface area contributed by atoms with E-state index in [1.54, 1.807) is 31.4 Å². The van der Waals surface area contributed by atoms with Crippen molar-refractivity contribution in [2.24, 2.45) is 0 Å². The maximum atomic E-state index is 11.7. The van der Waals surface area contributed by atoms with Crippen LogP contribution >= 0.6 is 0 Å². The van der Waals surface area contributed by atoms with E-state index in [-0.39, 0.29) is 11.5 Å². The third-order valence-electron chi connectivity index (χ3n) is 2.66. The number of benzene rings is 1. The van der Waals surface area contributed by atoms with Crippen molar-refractivity contribution in [2.75, 3.05) is 31.8 Å². The summed E-state index contributed by atoms with van der Waals surface area (Å²) in [7, 11) is -1.47. The summed E-state index contributed by atoms with van der Waals surface area (Å²) in [5, 5.41) is 8.65. The zero-order valence-electron chi connectivity index (χ0n) is 11.5. The minimum Gasteiger partial charge on any atom is -0.494 e. The molecule has 0 aliphatic heterocycles. The van der Waals surface area contributed by atoms with Crippen molar-refractivity contribution in [2.45, 2.75) is 12.8 Å². The van der Waals surface area contributed by atoms with Gasteiger partial charge in [0.1, 0.15) is 5.75 Å². The Morgan fingerprint density at radius 1 is 1.10 bits per heavy atom. The van der Waals surface area contributed by atoms with Gasteiger partial charge < -0.3 is 9.47 Å². The Hall–Kier alpha value is -1.58. The van der Waals surface area contributed by atoms with Crippen LogP contribution in [-0.2, 0) is 14.6 Å². The topological polar surface area (TPSA) is 76.4 Å². The highest BCUT2D eigenvalue weighted by Gasteiger charge is 2.10. The van der Waals surface area contributed by atoms with Gasteiger partial charge in [0.15, 0.2) is 9.84 Å². The maximum absolute atomic E-state index is 11.7. The van der Waals surface area contributed by atoms with E-state index < -0.39 is 9.84 Å². The summed E-state index contributed by atoms with van der Waals surface area (Å²) in [5.74, 6) is 0.908. The average Bonchev–Trinajstić information content (AvgIpc) is 2.44. The average molecular weight is 297 g/mol. The molecule has 0 unspecified atom stereocenters. The Morgan fingerprint density at radius 3 is 2.25 bits per heavy atom. The van der Waals surface area contributed by atoms with Crippen molar-refractivity contribution >= 4 is 9.84 Å². The van der Waals surface area contributed by atoms with Gasteiger partial charge in [-0.3, -0.25) is 0 Å². The van der Waals surface area contributed by atoms with Crippen molar-refractivity contribution in [3.8, 4) is 11.8 Å². The molecule has 0 spiro atoms. The predicted molar refractivity (Wildman–Crippen MR) is 76.4 cm³/mol. The highest BCUT2D eigenvalue weighted by Crippen LogP contribution is 2.11. The molecule has 5 nitrogen and oxygen atoms in total. The Bertz CT molecular complexity index is 531. The molecule has 20 heavy (non-hydrogen) atoms. The summed E-state index contributed by atoms with van der Waals surface area (Å²) in [6, 6.07) is 8.75. The zero-order valence-corrected chi connectivity index (χ0v) is 12.4. The minimum atomic E-state index is -3.02. The van der Waals surface area contributed by atoms with Gasteiger partial charge in [0.05, 0.1) is 29.7 Å². The van der Waals surface area contributed by atoms with Gasteiger partial charge in [0.25, 0.3) is 0 Å². The molecule has 0 fully saturated rings. The van der Waals surface area contributed by atoms with Crippen LogP contribution in [0.1, 0.15) is 18.4 Å². The first kappa shape index (κ1) is 16.5. The van der Waals surface area contributed by atoms with Crippen LogP contribution in [0.3, 0.4) is 0 Å². The Balaban J connectivity index is 2.25. The van der Waals surface area contributed by atoms with E-state index in [4.69, 9.17) is 14.7 Å². The number of nitriles is 1. The van der Waals surface area contributed by atoms with Crippen LogP contribution in [0.2, 0.25) is 0 Å². The van der Waals surface area contributed by atoms with Crippen molar-refractivity contribution in [3.05, 3.63) is 29.8 Å². The molecule has 1 aromatic rings. The monoisotopic (exact) mass is 297 g/mol. The minimum absolute atomic E-state index is 0.118. The van der Waals surface area contributed by atoms with Gasteiger partial charge in [-0.25, -0.2) is 8.42 Å². The molecule has 0 aromatic heterocycles. The first-order valence-corrected chi connectivity index (χ1v) is 8.22. The molecule has 0 saturated heterocycles. The van der Waals surface area contributed by atoms with E-state index in [1.165, 1.54) is 0 Å². The number of rotatable bonds is 9. The van der Waals surface area contributed by atoms with Gasteiger partial charge >= 0.3 is 0 Å². The van der Waals surface area contributed by atoms with Gasteiger partial charge in [-0.05, 0) is 37.1 Å². The standard InChI is InChI=1S/C14H19NO4S/c1-18-8-2-10-20(16,17)11-3-9-19-14-6-4-13(12-15)5-7-14/h4-7H,2-3,8-11H2,1H3. The van der Waals surface area contributed by atoms with Crippen molar-refractivity contribution in [1.29, 1.82) is 5.26 Å². The van der Waals surface area contributed by atoms with Crippen molar-refractivity contribution in [1.82, 2.24) is 0 Å². The first-order valence-electron chi connectivity index (χ1n) is 6.40. The SMILES string of the molecule is COCCCS(=O)(=O)CCCOc1ccc(C#N)cc1. The molecule has 0 saturated carbocycles. The molecule has 1 rings (SSSR count). The second-order valence-electron chi connectivity index (χ2n) is 4.34. The molecule has 0 bridgehead atoms. The van der Waals surface area contributed by atoms with E-state index in [0.29, 0.717) is 37.4 Å². The quantitative estimate of drug-likeness (QED) is 0.649. The third kappa shape index (κ3) is 6.55. The smallest absolute Gasteiger partial charge is 0.150 e. The van der Waals surface area contributed by atoms with Crippen LogP contribution in [0.5, 0.6) is 5.75 Å². The highest BCUT2D eigenvalue weighted by atomic mass is 32.2. The fourth-order valence-corrected chi connectivity index (χ4v) is 2.94. The van der Waals surface area contributed by atoms with Crippen LogP contribution in [0, 0.1) is 11.3 Å². The molecule has 0 amide bonds. The van der Waals surface area contributed by atoms with Crippen LogP contribution in [0.25, 0.3) is 0 Å². The largest absolute Gasteiger partial charge is 0.494 e. The van der Waals surface area contributed by atoms with E-state index in [2.05, 4.69) is 0 Å². The Morgan fingerprint density at radius 2 is 1.70 bits per heavy atom. The molecular weight excluding hydrogens is 278 g/mol. The van der Waals surface area contributed by atoms with Gasteiger partial charge in [0.2, 0.25) is 0 Å². The lowest BCUT2D eigenvalue weighted by Gasteiger charge is -2.07. The second-order valence-corrected chi connectivity index (χ2v) is 6.64. The third-order valence-corrected chi connectivity index (χ3v) is 4.48. The molecule has 6 heteroatoms. The van der Waals surface area contributed by atoms with E-state index >= 15 is 0 Å². The van der Waals surface area contributed by atoms with Crippen LogP contribution in [0.4, 0.5) is 0 Å². The van der Waals surface area contributed by atoms with Crippen molar-refractivity contribution in [3.63, 3.8) is 0 Å². The predicted octanol–water partition coefficient (Wildman–Crippen LogP) is 1.78. The number of ether oxygens (including phenoxy) is 2. The normalized spacial score (nSPS) is 11.0. The Labute approximate surface area is 120 Å². The van der Waals surface area contributed by atoms with Crippen LogP contribution < -0.4 is 4.74 Å². The van der Waals surface area contributed by atoms with E-state index in [9.17, 15) is 8.42 Å². The molecule has 1 aromatic carbocycles. The zero-order chi connectivity index (χ0) is 14.8. The second kappa shape index (κ2) is 8.56. The molecule has 0 N–H and O–H groups in total. The maximum Gasteiger partial charge on any atom is 0.150 e. The molecule has 0 radical (unpaired) electrons. The fourth-order valence-electron chi connectivity index (χ4n) is 1.62. The van der Waals surface area contributed by atoms with E-state index in [0.717, 1.165) is 0 Å². The molecule has 0 aliphatic carbocycles. The summed E-state index contributed by atoms with van der Waals surface area (Å²) >= 11 is 0. The summed E-state index contributed by atoms with van der Waals surface area (Å²) in [6.07, 6.45) is 0.977. The van der Waals surface area contributed by atoms with Gasteiger partial charge in [-0.1, -0.05) is 0 Å². The number of sulfone groups is 1. The molecule has 0 atom stereocenters. The van der Waals surface area contributed by atoms with Gasteiger partial charge in [-0.2, -0.15) is 5.26 Å². The number of hydrogen-bond donors (Lipinski definition) is 0. The molecular formula is C14H19NO4S. The lowest BCUT2D eigenvalue weighted by Crippen LogP contribution is -2.14. The first-order chi connectivity index (χ1) is 9.57. The molecule has 110 valence electrons. The Kier molecular flexibility index (Phi) is 7.05. The molecule has 0 heterocycles. The van der Waals surface area contributed by atoms with Crippen LogP contribution in [0.15, 0.2) is 24.3 Å². The number of methoxy groups -OCH3 is 1. The summed E-state index contributed by atoms with van der Waals surface area (Å²) in [5.41, 5.74) is 0.568. The van der Waals surface area contributed by atoms with Gasteiger partial charge in [-0.15, -0.1) is 0 Å². The number of hydrogen-bond acceptors (Lipinski definition) is 5. The summed E-state index contributed by atoms with van der Waals surface area (Å²) in [6.45, 7) is 0.802. The highest BCUT2D eigenvalue weighted by molar-refractivity contribution is 7.91. The van der Waals surface area contributed by atoms with Gasteiger partial charge in [0, 0.05) is 13.7 Å². The lowest BCUT2D eigenvalue weighted by atomic mass is 10.2. The summed E-state index contributed by atoms with van der Waals surface area (Å²) in [4.78, 5) is 0. The van der Waals surface area contributed by atoms with E-state index in [1.807, 2.05) is 6.07 Å². The van der Waals surface area contributed by atoms with Crippen LogP contribution in [-0.4, -0.2) is 40.2 Å². The molecule has 0 aliphatic rings. The fraction of sp³-hybridized carbons (Fsp3) is 0.500. The summed E-state index contributed by atoms with van der Waals surface area (Å²) < 4.78 is 33.6.